The maximum Gasteiger partial charge on any atom is 0.220 e. The van der Waals surface area contributed by atoms with Gasteiger partial charge in [-0.25, -0.2) is 0 Å². The number of hydrogen-bond acceptors (Lipinski definition) is 2. The third-order valence-electron chi connectivity index (χ3n) is 4.83. The van der Waals surface area contributed by atoms with Crippen molar-refractivity contribution in [3.63, 3.8) is 0 Å². The highest BCUT2D eigenvalue weighted by atomic mass is 16.1. The Bertz CT molecular complexity index is 282. The van der Waals surface area contributed by atoms with Crippen molar-refractivity contribution in [2.24, 2.45) is 17.6 Å². The molecule has 2 rings (SSSR count). The average molecular weight is 252 g/mol. The standard InChI is InChI=1S/C15H28N2O/c1-15(11-16,13-8-9-13)17-14(18)10-7-12-5-3-2-4-6-12/h12-13H,2-11,16H2,1H3,(H,17,18). The number of carbonyl (C=O) groups is 1. The fraction of sp³-hybridized carbons (Fsp3) is 0.933. The van der Waals surface area contributed by atoms with E-state index >= 15 is 0 Å². The number of nitrogens with two attached hydrogens (primary N) is 1. The molecule has 1 amide bonds. The van der Waals surface area contributed by atoms with Gasteiger partial charge in [-0.05, 0) is 38.0 Å². The first-order valence-corrected chi connectivity index (χ1v) is 7.65. The van der Waals surface area contributed by atoms with Gasteiger partial charge in [0.2, 0.25) is 5.91 Å². The van der Waals surface area contributed by atoms with Gasteiger partial charge in [-0.1, -0.05) is 32.1 Å². The summed E-state index contributed by atoms with van der Waals surface area (Å²) in [6.45, 7) is 2.66. The van der Waals surface area contributed by atoms with Gasteiger partial charge in [-0.3, -0.25) is 4.79 Å². The molecule has 104 valence electrons. The number of nitrogens with one attached hydrogen (secondary N) is 1. The highest BCUT2D eigenvalue weighted by Gasteiger charge is 2.41. The van der Waals surface area contributed by atoms with Gasteiger partial charge < -0.3 is 11.1 Å². The molecule has 2 aliphatic carbocycles. The van der Waals surface area contributed by atoms with Gasteiger partial charge in [0.25, 0.3) is 0 Å². The molecule has 2 fully saturated rings. The van der Waals surface area contributed by atoms with E-state index in [0.29, 0.717) is 18.9 Å². The third-order valence-corrected chi connectivity index (χ3v) is 4.83. The molecule has 0 aliphatic heterocycles. The smallest absolute Gasteiger partial charge is 0.220 e. The molecule has 2 saturated carbocycles. The fourth-order valence-electron chi connectivity index (χ4n) is 3.23. The summed E-state index contributed by atoms with van der Waals surface area (Å²) in [4.78, 5) is 12.0. The molecule has 0 saturated heterocycles. The van der Waals surface area contributed by atoms with Gasteiger partial charge in [0.05, 0.1) is 5.54 Å². The van der Waals surface area contributed by atoms with E-state index < -0.39 is 0 Å². The Morgan fingerprint density at radius 1 is 1.22 bits per heavy atom. The van der Waals surface area contributed by atoms with Gasteiger partial charge in [0.15, 0.2) is 0 Å². The lowest BCUT2D eigenvalue weighted by Crippen LogP contribution is -2.53. The molecule has 18 heavy (non-hydrogen) atoms. The number of carbonyl (C=O) groups excluding carboxylic acids is 1. The lowest BCUT2D eigenvalue weighted by atomic mass is 9.86. The SMILES string of the molecule is CC(CN)(NC(=O)CCC1CCCCC1)C1CC1. The second-order valence-electron chi connectivity index (χ2n) is 6.49. The van der Waals surface area contributed by atoms with Crippen LogP contribution in [-0.2, 0) is 4.79 Å². The molecule has 0 aromatic heterocycles. The maximum absolute atomic E-state index is 12.0. The predicted molar refractivity (Wildman–Crippen MR) is 74.1 cm³/mol. The average Bonchev–Trinajstić information content (AvgIpc) is 3.22. The second-order valence-corrected chi connectivity index (χ2v) is 6.49. The van der Waals surface area contributed by atoms with Crippen LogP contribution in [0.2, 0.25) is 0 Å². The van der Waals surface area contributed by atoms with Gasteiger partial charge in [-0.15, -0.1) is 0 Å². The van der Waals surface area contributed by atoms with Gasteiger partial charge in [0, 0.05) is 13.0 Å². The molecule has 0 heterocycles. The molecule has 3 heteroatoms. The minimum atomic E-state index is -0.149. The summed E-state index contributed by atoms with van der Waals surface area (Å²) in [6, 6.07) is 0. The summed E-state index contributed by atoms with van der Waals surface area (Å²) in [7, 11) is 0. The molecule has 3 nitrogen and oxygen atoms in total. The summed E-state index contributed by atoms with van der Waals surface area (Å²) < 4.78 is 0. The Morgan fingerprint density at radius 3 is 2.44 bits per heavy atom. The molecule has 0 aromatic carbocycles. The first-order valence-electron chi connectivity index (χ1n) is 7.65. The second kappa shape index (κ2) is 6.05. The summed E-state index contributed by atoms with van der Waals surface area (Å²) in [5, 5.41) is 3.18. The first kappa shape index (κ1) is 13.9. The van der Waals surface area contributed by atoms with E-state index in [9.17, 15) is 4.79 Å². The molecule has 1 unspecified atom stereocenters. The Hall–Kier alpha value is -0.570. The Morgan fingerprint density at radius 2 is 1.89 bits per heavy atom. The van der Waals surface area contributed by atoms with Gasteiger partial charge >= 0.3 is 0 Å². The zero-order valence-corrected chi connectivity index (χ0v) is 11.7. The summed E-state index contributed by atoms with van der Waals surface area (Å²) >= 11 is 0. The normalized spacial score (nSPS) is 24.6. The van der Waals surface area contributed by atoms with Crippen molar-refractivity contribution in [1.82, 2.24) is 5.32 Å². The molecule has 0 spiro atoms. The van der Waals surface area contributed by atoms with E-state index in [-0.39, 0.29) is 11.4 Å². The van der Waals surface area contributed by atoms with E-state index in [0.717, 1.165) is 12.3 Å². The monoisotopic (exact) mass is 252 g/mol. The lowest BCUT2D eigenvalue weighted by molar-refractivity contribution is -0.123. The van der Waals surface area contributed by atoms with E-state index in [1.165, 1.54) is 44.9 Å². The summed E-state index contributed by atoms with van der Waals surface area (Å²) in [6.07, 6.45) is 10.9. The zero-order chi connectivity index (χ0) is 13.0. The number of hydrogen-bond donors (Lipinski definition) is 2. The van der Waals surface area contributed by atoms with Crippen molar-refractivity contribution < 1.29 is 4.79 Å². The van der Waals surface area contributed by atoms with Crippen LogP contribution in [-0.4, -0.2) is 18.0 Å². The highest BCUT2D eigenvalue weighted by Crippen LogP contribution is 2.39. The molecule has 0 bridgehead atoms. The van der Waals surface area contributed by atoms with E-state index in [2.05, 4.69) is 12.2 Å². The van der Waals surface area contributed by atoms with Crippen LogP contribution in [0, 0.1) is 11.8 Å². The number of rotatable bonds is 6. The van der Waals surface area contributed by atoms with E-state index in [1.54, 1.807) is 0 Å². The molecular weight excluding hydrogens is 224 g/mol. The highest BCUT2D eigenvalue weighted by molar-refractivity contribution is 5.76. The van der Waals surface area contributed by atoms with Crippen molar-refractivity contribution in [3.05, 3.63) is 0 Å². The van der Waals surface area contributed by atoms with Crippen LogP contribution in [0.5, 0.6) is 0 Å². The quantitative estimate of drug-likeness (QED) is 0.763. The summed E-state index contributed by atoms with van der Waals surface area (Å²) in [5.41, 5.74) is 5.67. The van der Waals surface area contributed by atoms with Crippen LogP contribution >= 0.6 is 0 Å². The largest absolute Gasteiger partial charge is 0.349 e. The minimum absolute atomic E-state index is 0.149. The molecule has 2 aliphatic rings. The minimum Gasteiger partial charge on any atom is -0.349 e. The van der Waals surface area contributed by atoms with Crippen molar-refractivity contribution in [2.45, 2.75) is 70.3 Å². The van der Waals surface area contributed by atoms with Crippen LogP contribution < -0.4 is 11.1 Å². The Balaban J connectivity index is 1.70. The summed E-state index contributed by atoms with van der Waals surface area (Å²) in [5.74, 6) is 1.61. The van der Waals surface area contributed by atoms with Crippen molar-refractivity contribution >= 4 is 5.91 Å². The Kier molecular flexibility index (Phi) is 4.66. The fourth-order valence-corrected chi connectivity index (χ4v) is 3.23. The van der Waals surface area contributed by atoms with Crippen LogP contribution in [0.3, 0.4) is 0 Å². The molecular formula is C15H28N2O. The third kappa shape index (κ3) is 3.71. The molecule has 3 N–H and O–H groups in total. The van der Waals surface area contributed by atoms with Crippen LogP contribution in [0.4, 0.5) is 0 Å². The van der Waals surface area contributed by atoms with Crippen molar-refractivity contribution in [2.75, 3.05) is 6.54 Å². The topological polar surface area (TPSA) is 55.1 Å². The maximum atomic E-state index is 12.0. The van der Waals surface area contributed by atoms with E-state index in [4.69, 9.17) is 5.73 Å². The van der Waals surface area contributed by atoms with Gasteiger partial charge in [-0.2, -0.15) is 0 Å². The lowest BCUT2D eigenvalue weighted by Gasteiger charge is -2.30. The van der Waals surface area contributed by atoms with Crippen LogP contribution in [0.15, 0.2) is 0 Å². The molecule has 1 atom stereocenters. The van der Waals surface area contributed by atoms with Crippen molar-refractivity contribution in [3.8, 4) is 0 Å². The Labute approximate surface area is 111 Å². The van der Waals surface area contributed by atoms with Crippen molar-refractivity contribution in [1.29, 1.82) is 0 Å². The zero-order valence-electron chi connectivity index (χ0n) is 11.7. The molecule has 0 radical (unpaired) electrons. The van der Waals surface area contributed by atoms with Gasteiger partial charge in [0.1, 0.15) is 0 Å². The number of amides is 1. The molecule has 0 aromatic rings. The first-order chi connectivity index (χ1) is 8.64. The van der Waals surface area contributed by atoms with Crippen LogP contribution in [0.1, 0.15) is 64.7 Å². The predicted octanol–water partition coefficient (Wildman–Crippen LogP) is 2.59. The van der Waals surface area contributed by atoms with E-state index in [1.807, 2.05) is 0 Å². The van der Waals surface area contributed by atoms with Crippen LogP contribution in [0.25, 0.3) is 0 Å².